The van der Waals surface area contributed by atoms with E-state index in [2.05, 4.69) is 17.6 Å². The van der Waals surface area contributed by atoms with Crippen molar-refractivity contribution in [3.63, 3.8) is 0 Å². The van der Waals surface area contributed by atoms with Crippen molar-refractivity contribution in [1.29, 1.82) is 5.26 Å². The number of benzene rings is 1. The quantitative estimate of drug-likeness (QED) is 0.511. The first-order chi connectivity index (χ1) is 13.4. The highest BCUT2D eigenvalue weighted by Crippen LogP contribution is 2.31. The maximum atomic E-state index is 12.9. The van der Waals surface area contributed by atoms with Crippen LogP contribution in [-0.2, 0) is 4.79 Å². The van der Waals surface area contributed by atoms with E-state index >= 15 is 0 Å². The molecule has 0 N–H and O–H groups in total. The van der Waals surface area contributed by atoms with Crippen LogP contribution >= 0.6 is 34.5 Å². The van der Waals surface area contributed by atoms with Gasteiger partial charge in [0.1, 0.15) is 0 Å². The molecule has 0 fully saturated rings. The first kappa shape index (κ1) is 22.4. The van der Waals surface area contributed by atoms with Gasteiger partial charge in [-0.1, -0.05) is 42.3 Å². The molecule has 0 saturated carbocycles. The number of nitriles is 1. The highest BCUT2D eigenvalue weighted by molar-refractivity contribution is 7.14. The zero-order valence-electron chi connectivity index (χ0n) is 15.9. The van der Waals surface area contributed by atoms with Crippen molar-refractivity contribution >= 4 is 45.6 Å². The van der Waals surface area contributed by atoms with Gasteiger partial charge in [0.25, 0.3) is 0 Å². The Morgan fingerprint density at radius 1 is 1.43 bits per heavy atom. The molecule has 0 radical (unpaired) electrons. The third-order valence-corrected chi connectivity index (χ3v) is 5.71. The standard InChI is InChI=1S/C20H22Cl2N4OS/c1-4-8-26(19(27)12-25(5-2)11-14(3)10-23)20-24-18(13-28-20)15-6-7-16(21)17(22)9-15/h4,6-7,9,13-14H,1,5,8,11-12H2,2-3H3. The van der Waals surface area contributed by atoms with Crippen LogP contribution < -0.4 is 4.90 Å². The third-order valence-electron chi connectivity index (χ3n) is 4.11. The lowest BCUT2D eigenvalue weighted by atomic mass is 10.2. The Morgan fingerprint density at radius 3 is 2.79 bits per heavy atom. The molecule has 0 bridgehead atoms. The van der Waals surface area contributed by atoms with Crippen LogP contribution in [0.1, 0.15) is 13.8 Å². The lowest BCUT2D eigenvalue weighted by molar-refractivity contribution is -0.119. The molecule has 0 aliphatic carbocycles. The number of hydrogen-bond acceptors (Lipinski definition) is 5. The molecule has 0 saturated heterocycles. The maximum Gasteiger partial charge on any atom is 0.243 e. The predicted octanol–water partition coefficient (Wildman–Crippen LogP) is 5.12. The summed E-state index contributed by atoms with van der Waals surface area (Å²) in [5.74, 6) is -0.219. The van der Waals surface area contributed by atoms with Gasteiger partial charge in [-0.2, -0.15) is 5.26 Å². The highest BCUT2D eigenvalue weighted by atomic mass is 35.5. The molecule has 8 heteroatoms. The van der Waals surface area contributed by atoms with E-state index in [-0.39, 0.29) is 18.4 Å². The normalized spacial score (nSPS) is 11.9. The second-order valence-corrected chi connectivity index (χ2v) is 7.95. The summed E-state index contributed by atoms with van der Waals surface area (Å²) in [5, 5.41) is 12.4. The molecule has 1 atom stereocenters. The Balaban J connectivity index is 2.20. The van der Waals surface area contributed by atoms with Crippen LogP contribution in [0.25, 0.3) is 11.3 Å². The van der Waals surface area contributed by atoms with Gasteiger partial charge < -0.3 is 0 Å². The van der Waals surface area contributed by atoms with Crippen molar-refractivity contribution in [3.8, 4) is 17.3 Å². The lowest BCUT2D eigenvalue weighted by Crippen LogP contribution is -2.42. The van der Waals surface area contributed by atoms with E-state index in [4.69, 9.17) is 28.5 Å². The number of carbonyl (C=O) groups excluding carboxylic acids is 1. The number of rotatable bonds is 9. The van der Waals surface area contributed by atoms with Gasteiger partial charge in [0.2, 0.25) is 5.91 Å². The van der Waals surface area contributed by atoms with Gasteiger partial charge in [0, 0.05) is 24.0 Å². The van der Waals surface area contributed by atoms with E-state index < -0.39 is 0 Å². The molecule has 2 aromatic rings. The van der Waals surface area contributed by atoms with E-state index in [0.29, 0.717) is 34.8 Å². The number of thiazole rings is 1. The molecule has 1 aromatic carbocycles. The van der Waals surface area contributed by atoms with Gasteiger partial charge in [-0.05, 0) is 25.6 Å². The molecule has 1 amide bonds. The summed E-state index contributed by atoms with van der Waals surface area (Å²) in [7, 11) is 0. The first-order valence-electron chi connectivity index (χ1n) is 8.83. The molecular weight excluding hydrogens is 415 g/mol. The van der Waals surface area contributed by atoms with Crippen LogP contribution in [0.15, 0.2) is 36.2 Å². The molecule has 0 spiro atoms. The summed E-state index contributed by atoms with van der Waals surface area (Å²) >= 11 is 13.5. The Bertz CT molecular complexity index is 877. The average Bonchev–Trinajstić information content (AvgIpc) is 3.17. The van der Waals surface area contributed by atoms with E-state index in [1.54, 1.807) is 23.1 Å². The minimum absolute atomic E-state index is 0.0815. The summed E-state index contributed by atoms with van der Waals surface area (Å²) in [6.07, 6.45) is 1.67. The van der Waals surface area contributed by atoms with E-state index in [1.807, 2.05) is 30.2 Å². The van der Waals surface area contributed by atoms with Gasteiger partial charge >= 0.3 is 0 Å². The largest absolute Gasteiger partial charge is 0.293 e. The summed E-state index contributed by atoms with van der Waals surface area (Å²) in [6, 6.07) is 7.52. The number of carbonyl (C=O) groups is 1. The number of anilines is 1. The third kappa shape index (κ3) is 5.79. The molecule has 0 aliphatic heterocycles. The predicted molar refractivity (Wildman–Crippen MR) is 117 cm³/mol. The van der Waals surface area contributed by atoms with E-state index in [9.17, 15) is 4.79 Å². The maximum absolute atomic E-state index is 12.9. The van der Waals surface area contributed by atoms with Gasteiger partial charge in [-0.15, -0.1) is 17.9 Å². The van der Waals surface area contributed by atoms with Gasteiger partial charge in [-0.25, -0.2) is 4.98 Å². The average molecular weight is 437 g/mol. The van der Waals surface area contributed by atoms with Crippen LogP contribution in [0.3, 0.4) is 0 Å². The Labute approximate surface area is 179 Å². The summed E-state index contributed by atoms with van der Waals surface area (Å²) in [4.78, 5) is 21.1. The van der Waals surface area contributed by atoms with Crippen LogP contribution in [0.2, 0.25) is 10.0 Å². The molecule has 2 rings (SSSR count). The molecule has 0 aliphatic rings. The Kier molecular flexibility index (Phi) is 8.46. The number of nitrogens with zero attached hydrogens (tertiary/aromatic N) is 4. The number of amides is 1. The lowest BCUT2D eigenvalue weighted by Gasteiger charge is -2.25. The zero-order valence-corrected chi connectivity index (χ0v) is 18.2. The van der Waals surface area contributed by atoms with Crippen molar-refractivity contribution in [3.05, 3.63) is 46.3 Å². The van der Waals surface area contributed by atoms with Crippen LogP contribution in [0.5, 0.6) is 0 Å². The van der Waals surface area contributed by atoms with Crippen LogP contribution in [-0.4, -0.2) is 42.0 Å². The topological polar surface area (TPSA) is 60.2 Å². The molecule has 148 valence electrons. The van der Waals surface area contributed by atoms with Crippen molar-refractivity contribution < 1.29 is 4.79 Å². The van der Waals surface area contributed by atoms with Crippen LogP contribution in [0, 0.1) is 17.2 Å². The molecule has 5 nitrogen and oxygen atoms in total. The monoisotopic (exact) mass is 436 g/mol. The van der Waals surface area contributed by atoms with Gasteiger partial charge in [-0.3, -0.25) is 14.6 Å². The zero-order chi connectivity index (χ0) is 20.7. The summed E-state index contributed by atoms with van der Waals surface area (Å²) in [6.45, 7) is 9.38. The molecule has 28 heavy (non-hydrogen) atoms. The Hall–Kier alpha value is -1.91. The fraction of sp³-hybridized carbons (Fsp3) is 0.350. The highest BCUT2D eigenvalue weighted by Gasteiger charge is 2.21. The van der Waals surface area contributed by atoms with Crippen LogP contribution in [0.4, 0.5) is 5.13 Å². The second kappa shape index (κ2) is 10.6. The minimum Gasteiger partial charge on any atom is -0.293 e. The fourth-order valence-electron chi connectivity index (χ4n) is 2.60. The number of halogens is 2. The SMILES string of the molecule is C=CCN(C(=O)CN(CC)CC(C)C#N)c1nc(-c2ccc(Cl)c(Cl)c2)cs1. The fourth-order valence-corrected chi connectivity index (χ4v) is 3.76. The molecule has 1 heterocycles. The summed E-state index contributed by atoms with van der Waals surface area (Å²) in [5.41, 5.74) is 1.56. The number of aromatic nitrogens is 1. The number of hydrogen-bond donors (Lipinski definition) is 0. The molecule has 1 aromatic heterocycles. The Morgan fingerprint density at radius 2 is 2.18 bits per heavy atom. The van der Waals surface area contributed by atoms with E-state index in [0.717, 1.165) is 11.3 Å². The van der Waals surface area contributed by atoms with Gasteiger partial charge in [0.05, 0.1) is 34.3 Å². The minimum atomic E-state index is -0.137. The number of likely N-dealkylation sites (N-methyl/N-ethyl adjacent to an activating group) is 1. The summed E-state index contributed by atoms with van der Waals surface area (Å²) < 4.78 is 0. The van der Waals surface area contributed by atoms with Gasteiger partial charge in [0.15, 0.2) is 5.13 Å². The van der Waals surface area contributed by atoms with Crippen molar-refractivity contribution in [2.45, 2.75) is 13.8 Å². The van der Waals surface area contributed by atoms with E-state index in [1.165, 1.54) is 11.3 Å². The van der Waals surface area contributed by atoms with Crippen molar-refractivity contribution in [2.75, 3.05) is 31.1 Å². The van der Waals surface area contributed by atoms with Crippen molar-refractivity contribution in [2.24, 2.45) is 5.92 Å². The second-order valence-electron chi connectivity index (χ2n) is 6.30. The molecule has 1 unspecified atom stereocenters. The first-order valence-corrected chi connectivity index (χ1v) is 10.5. The molecular formula is C20H22Cl2N4OS. The smallest absolute Gasteiger partial charge is 0.243 e. The van der Waals surface area contributed by atoms with Crippen molar-refractivity contribution in [1.82, 2.24) is 9.88 Å².